The van der Waals surface area contributed by atoms with Crippen molar-refractivity contribution in [3.8, 4) is 5.75 Å². The number of esters is 1. The van der Waals surface area contributed by atoms with E-state index in [1.807, 2.05) is 48.5 Å². The Morgan fingerprint density at radius 1 is 0.971 bits per heavy atom. The van der Waals surface area contributed by atoms with Gasteiger partial charge in [0.15, 0.2) is 5.75 Å². The quantitative estimate of drug-likeness (QED) is 0.142. The van der Waals surface area contributed by atoms with Gasteiger partial charge >= 0.3 is 5.97 Å². The number of hydrogen-bond donors (Lipinski definition) is 1. The molecule has 0 radical (unpaired) electrons. The number of hydrogen-bond acceptors (Lipinski definition) is 8. The molecule has 0 aliphatic rings. The molecule has 1 aromatic heterocycles. The van der Waals surface area contributed by atoms with Gasteiger partial charge in [-0.2, -0.15) is 10.0 Å². The summed E-state index contributed by atoms with van der Waals surface area (Å²) in [5, 5.41) is 6.13. The molecule has 9 heteroatoms. The Kier molecular flexibility index (Phi) is 7.54. The molecule has 0 saturated carbocycles. The minimum atomic E-state index is -0.448. The summed E-state index contributed by atoms with van der Waals surface area (Å²) in [5.74, 6) is 0.632. The zero-order valence-corrected chi connectivity index (χ0v) is 19.5. The van der Waals surface area contributed by atoms with Crippen LogP contribution in [0.25, 0.3) is 10.9 Å². The fourth-order valence-electron chi connectivity index (χ4n) is 3.23. The number of para-hydroxylation sites is 2. The van der Waals surface area contributed by atoms with Crippen LogP contribution in [-0.4, -0.2) is 36.3 Å². The highest BCUT2D eigenvalue weighted by molar-refractivity contribution is 6.30. The van der Waals surface area contributed by atoms with Crippen LogP contribution in [0, 0.1) is 0 Å². The second-order valence-electron chi connectivity index (χ2n) is 7.21. The molecule has 0 unspecified atom stereocenters. The summed E-state index contributed by atoms with van der Waals surface area (Å²) in [7, 11) is 1.60. The molecule has 34 heavy (non-hydrogen) atoms. The first-order chi connectivity index (χ1) is 16.5. The SMILES string of the molecule is COCCON(c1ccccc1)c1nc(Nc2ccc(Cl)cc2)c2cccc(OC(C)=O)c2n1. The van der Waals surface area contributed by atoms with Crippen LogP contribution in [0.2, 0.25) is 5.02 Å². The predicted molar refractivity (Wildman–Crippen MR) is 132 cm³/mol. The molecule has 1 N–H and O–H groups in total. The van der Waals surface area contributed by atoms with Crippen molar-refractivity contribution in [3.05, 3.63) is 77.8 Å². The Morgan fingerprint density at radius 2 is 1.74 bits per heavy atom. The lowest BCUT2D eigenvalue weighted by molar-refractivity contribution is -0.131. The number of carbonyl (C=O) groups excluding carboxylic acids is 1. The van der Waals surface area contributed by atoms with Gasteiger partial charge in [-0.3, -0.25) is 9.63 Å². The standard InChI is InChI=1S/C25H23ClN4O4/c1-17(31)34-22-10-6-9-21-23(22)28-25(29-24(21)27-19-13-11-18(26)12-14-19)30(33-16-15-32-2)20-7-4-3-5-8-20/h3-14H,15-16H2,1-2H3,(H,27,28,29). The molecule has 0 fully saturated rings. The Hall–Kier alpha value is -3.72. The van der Waals surface area contributed by atoms with Crippen LogP contribution in [0.5, 0.6) is 5.75 Å². The molecule has 1 heterocycles. The highest BCUT2D eigenvalue weighted by atomic mass is 35.5. The number of methoxy groups -OCH3 is 1. The van der Waals surface area contributed by atoms with Crippen LogP contribution >= 0.6 is 11.6 Å². The topological polar surface area (TPSA) is 85.8 Å². The first kappa shape index (κ1) is 23.4. The summed E-state index contributed by atoms with van der Waals surface area (Å²) in [4.78, 5) is 27.2. The second kappa shape index (κ2) is 10.9. The van der Waals surface area contributed by atoms with E-state index in [0.29, 0.717) is 34.1 Å². The van der Waals surface area contributed by atoms with Gasteiger partial charge in [0.2, 0.25) is 0 Å². The number of aromatic nitrogens is 2. The zero-order chi connectivity index (χ0) is 23.9. The smallest absolute Gasteiger partial charge is 0.308 e. The Balaban J connectivity index is 1.87. The van der Waals surface area contributed by atoms with Crippen LogP contribution in [-0.2, 0) is 14.4 Å². The van der Waals surface area contributed by atoms with Crippen molar-refractivity contribution in [2.24, 2.45) is 0 Å². The zero-order valence-electron chi connectivity index (χ0n) is 18.7. The van der Waals surface area contributed by atoms with Gasteiger partial charge in [-0.05, 0) is 48.5 Å². The third-order valence-corrected chi connectivity index (χ3v) is 4.97. The molecule has 3 aromatic carbocycles. The van der Waals surface area contributed by atoms with E-state index in [0.717, 1.165) is 11.4 Å². The number of fused-ring (bicyclic) bond motifs is 1. The second-order valence-corrected chi connectivity index (χ2v) is 7.64. The highest BCUT2D eigenvalue weighted by Gasteiger charge is 2.19. The van der Waals surface area contributed by atoms with Gasteiger partial charge in [0.25, 0.3) is 5.95 Å². The molecule has 8 nitrogen and oxygen atoms in total. The van der Waals surface area contributed by atoms with E-state index in [-0.39, 0.29) is 12.6 Å². The molecule has 0 spiro atoms. The van der Waals surface area contributed by atoms with Gasteiger partial charge in [-0.25, -0.2) is 4.98 Å². The number of ether oxygens (including phenoxy) is 2. The molecule has 0 bridgehead atoms. The summed E-state index contributed by atoms with van der Waals surface area (Å²) in [6.07, 6.45) is 0. The molecule has 4 aromatic rings. The molecule has 4 rings (SSSR count). The normalized spacial score (nSPS) is 10.8. The lowest BCUT2D eigenvalue weighted by atomic mass is 10.2. The number of benzene rings is 3. The third kappa shape index (κ3) is 5.60. The molecule has 0 aliphatic carbocycles. The van der Waals surface area contributed by atoms with Crippen LogP contribution in [0.3, 0.4) is 0 Å². The Bertz CT molecular complexity index is 1270. The van der Waals surface area contributed by atoms with E-state index in [9.17, 15) is 4.79 Å². The Labute approximate surface area is 202 Å². The van der Waals surface area contributed by atoms with Crippen molar-refractivity contribution >= 4 is 51.6 Å². The average Bonchev–Trinajstić information content (AvgIpc) is 2.84. The van der Waals surface area contributed by atoms with Crippen molar-refractivity contribution in [1.82, 2.24) is 9.97 Å². The number of nitrogens with zero attached hydrogens (tertiary/aromatic N) is 3. The van der Waals surface area contributed by atoms with Gasteiger partial charge in [-0.15, -0.1) is 0 Å². The van der Waals surface area contributed by atoms with Crippen LogP contribution < -0.4 is 15.1 Å². The average molecular weight is 479 g/mol. The molecule has 0 amide bonds. The van der Waals surface area contributed by atoms with Gasteiger partial charge in [0.1, 0.15) is 11.3 Å². The number of halogens is 1. The highest BCUT2D eigenvalue weighted by Crippen LogP contribution is 2.34. The van der Waals surface area contributed by atoms with Crippen molar-refractivity contribution in [3.63, 3.8) is 0 Å². The summed E-state index contributed by atoms with van der Waals surface area (Å²) < 4.78 is 10.6. The minimum Gasteiger partial charge on any atom is -0.424 e. The van der Waals surface area contributed by atoms with Crippen LogP contribution in [0.15, 0.2) is 72.8 Å². The summed E-state index contributed by atoms with van der Waals surface area (Å²) in [6, 6.07) is 22.0. The van der Waals surface area contributed by atoms with E-state index in [1.54, 1.807) is 31.4 Å². The number of nitrogens with one attached hydrogen (secondary N) is 1. The van der Waals surface area contributed by atoms with Crippen molar-refractivity contribution in [2.45, 2.75) is 6.92 Å². The molecule has 0 atom stereocenters. The van der Waals surface area contributed by atoms with Crippen molar-refractivity contribution in [1.29, 1.82) is 0 Å². The van der Waals surface area contributed by atoms with E-state index >= 15 is 0 Å². The number of carbonyl (C=O) groups is 1. The monoisotopic (exact) mass is 478 g/mol. The predicted octanol–water partition coefficient (Wildman–Crippen LogP) is 5.67. The first-order valence-electron chi connectivity index (χ1n) is 10.5. The Morgan fingerprint density at radius 3 is 2.44 bits per heavy atom. The maximum absolute atomic E-state index is 11.7. The van der Waals surface area contributed by atoms with Crippen LogP contribution in [0.4, 0.5) is 23.1 Å². The van der Waals surface area contributed by atoms with Gasteiger partial charge in [0.05, 0.1) is 18.9 Å². The van der Waals surface area contributed by atoms with Gasteiger partial charge in [-0.1, -0.05) is 35.9 Å². The van der Waals surface area contributed by atoms with E-state index in [4.69, 9.17) is 35.9 Å². The fourth-order valence-corrected chi connectivity index (χ4v) is 3.36. The summed E-state index contributed by atoms with van der Waals surface area (Å²) in [6.45, 7) is 2.00. The fraction of sp³-hybridized carbons (Fsp3) is 0.160. The van der Waals surface area contributed by atoms with Gasteiger partial charge in [0, 0.05) is 30.1 Å². The molecule has 0 aliphatic heterocycles. The van der Waals surface area contributed by atoms with Crippen molar-refractivity contribution in [2.75, 3.05) is 30.7 Å². The van der Waals surface area contributed by atoms with E-state index < -0.39 is 5.97 Å². The summed E-state index contributed by atoms with van der Waals surface area (Å²) in [5.41, 5.74) is 1.95. The van der Waals surface area contributed by atoms with Crippen molar-refractivity contribution < 1.29 is 19.1 Å². The maximum atomic E-state index is 11.7. The van der Waals surface area contributed by atoms with Gasteiger partial charge < -0.3 is 14.8 Å². The third-order valence-electron chi connectivity index (χ3n) is 4.72. The lowest BCUT2D eigenvalue weighted by Gasteiger charge is -2.23. The molecule has 0 saturated heterocycles. The summed E-state index contributed by atoms with van der Waals surface area (Å²) >= 11 is 6.04. The largest absolute Gasteiger partial charge is 0.424 e. The lowest BCUT2D eigenvalue weighted by Crippen LogP contribution is -2.23. The number of rotatable bonds is 9. The van der Waals surface area contributed by atoms with E-state index in [1.165, 1.54) is 12.0 Å². The molecular formula is C25H23ClN4O4. The number of anilines is 4. The molecular weight excluding hydrogens is 456 g/mol. The minimum absolute atomic E-state index is 0.255. The molecule has 174 valence electrons. The van der Waals surface area contributed by atoms with E-state index in [2.05, 4.69) is 5.32 Å². The van der Waals surface area contributed by atoms with Crippen LogP contribution in [0.1, 0.15) is 6.92 Å². The first-order valence-corrected chi connectivity index (χ1v) is 10.9. The maximum Gasteiger partial charge on any atom is 0.308 e.